The number of anilines is 2. The maximum atomic E-state index is 12.4. The summed E-state index contributed by atoms with van der Waals surface area (Å²) < 4.78 is 5.64. The van der Waals surface area contributed by atoms with Crippen LogP contribution in [0.5, 0.6) is 5.75 Å². The van der Waals surface area contributed by atoms with Crippen molar-refractivity contribution in [3.05, 3.63) is 54.6 Å². The molecule has 0 spiro atoms. The maximum Gasteiger partial charge on any atom is 0.265 e. The van der Waals surface area contributed by atoms with Gasteiger partial charge < -0.3 is 15.4 Å². The van der Waals surface area contributed by atoms with Gasteiger partial charge in [-0.2, -0.15) is 0 Å². The SMILES string of the molecule is CC(Oc1ccccc1)C(=O)Nc1cccc(NC(=O)C2CCCCC2)c1. The number of ether oxygens (including phenoxy) is 1. The molecule has 2 aromatic carbocycles. The summed E-state index contributed by atoms with van der Waals surface area (Å²) in [4.78, 5) is 24.8. The van der Waals surface area contributed by atoms with E-state index in [0.717, 1.165) is 25.7 Å². The number of nitrogens with one attached hydrogen (secondary N) is 2. The highest BCUT2D eigenvalue weighted by Crippen LogP contribution is 2.25. The van der Waals surface area contributed by atoms with Crippen LogP contribution in [0.4, 0.5) is 11.4 Å². The van der Waals surface area contributed by atoms with Crippen LogP contribution in [0, 0.1) is 5.92 Å². The van der Waals surface area contributed by atoms with Crippen LogP contribution < -0.4 is 15.4 Å². The zero-order valence-corrected chi connectivity index (χ0v) is 15.6. The molecule has 1 aliphatic rings. The summed E-state index contributed by atoms with van der Waals surface area (Å²) in [6.07, 6.45) is 4.73. The molecule has 1 saturated carbocycles. The molecule has 3 rings (SSSR count). The summed E-state index contributed by atoms with van der Waals surface area (Å²) in [7, 11) is 0. The average molecular weight is 366 g/mol. The van der Waals surface area contributed by atoms with Crippen molar-refractivity contribution in [1.82, 2.24) is 0 Å². The van der Waals surface area contributed by atoms with Gasteiger partial charge in [0.15, 0.2) is 6.10 Å². The van der Waals surface area contributed by atoms with Crippen LogP contribution in [0.25, 0.3) is 0 Å². The predicted molar refractivity (Wildman–Crippen MR) is 107 cm³/mol. The summed E-state index contributed by atoms with van der Waals surface area (Å²) in [5, 5.41) is 5.81. The van der Waals surface area contributed by atoms with E-state index in [-0.39, 0.29) is 17.7 Å². The molecule has 0 heterocycles. The normalized spacial score (nSPS) is 15.6. The van der Waals surface area contributed by atoms with E-state index in [9.17, 15) is 9.59 Å². The first-order valence-electron chi connectivity index (χ1n) is 9.55. The number of rotatable bonds is 6. The van der Waals surface area contributed by atoms with Crippen molar-refractivity contribution in [2.75, 3.05) is 10.6 Å². The van der Waals surface area contributed by atoms with E-state index in [1.165, 1.54) is 6.42 Å². The molecule has 1 atom stereocenters. The van der Waals surface area contributed by atoms with Crippen molar-refractivity contribution in [2.45, 2.75) is 45.1 Å². The number of hydrogen-bond donors (Lipinski definition) is 2. The highest BCUT2D eigenvalue weighted by atomic mass is 16.5. The lowest BCUT2D eigenvalue weighted by atomic mass is 9.88. The minimum Gasteiger partial charge on any atom is -0.481 e. The highest BCUT2D eigenvalue weighted by molar-refractivity contribution is 5.96. The zero-order valence-electron chi connectivity index (χ0n) is 15.6. The van der Waals surface area contributed by atoms with Crippen LogP contribution in [-0.4, -0.2) is 17.9 Å². The van der Waals surface area contributed by atoms with Crippen molar-refractivity contribution in [2.24, 2.45) is 5.92 Å². The summed E-state index contributed by atoms with van der Waals surface area (Å²) in [6.45, 7) is 1.71. The summed E-state index contributed by atoms with van der Waals surface area (Å²) in [5.74, 6) is 0.568. The molecule has 0 radical (unpaired) electrons. The third-order valence-corrected chi connectivity index (χ3v) is 4.80. The first-order valence-corrected chi connectivity index (χ1v) is 9.55. The summed E-state index contributed by atoms with van der Waals surface area (Å²) in [6, 6.07) is 16.4. The van der Waals surface area contributed by atoms with Crippen molar-refractivity contribution in [1.29, 1.82) is 0 Å². The van der Waals surface area contributed by atoms with Gasteiger partial charge in [0.25, 0.3) is 5.91 Å². The molecule has 1 fully saturated rings. The minimum atomic E-state index is -0.632. The fraction of sp³-hybridized carbons (Fsp3) is 0.364. The van der Waals surface area contributed by atoms with E-state index in [4.69, 9.17) is 4.74 Å². The molecular weight excluding hydrogens is 340 g/mol. The third-order valence-electron chi connectivity index (χ3n) is 4.80. The van der Waals surface area contributed by atoms with Gasteiger partial charge in [0, 0.05) is 17.3 Å². The molecule has 27 heavy (non-hydrogen) atoms. The Kier molecular flexibility index (Phi) is 6.47. The Labute approximate surface area is 160 Å². The second-order valence-electron chi connectivity index (χ2n) is 6.97. The van der Waals surface area contributed by atoms with Crippen molar-refractivity contribution >= 4 is 23.2 Å². The fourth-order valence-corrected chi connectivity index (χ4v) is 3.28. The molecule has 5 nitrogen and oxygen atoms in total. The van der Waals surface area contributed by atoms with Crippen LogP contribution in [0.1, 0.15) is 39.0 Å². The van der Waals surface area contributed by atoms with Gasteiger partial charge in [0.2, 0.25) is 5.91 Å². The molecule has 1 unspecified atom stereocenters. The van der Waals surface area contributed by atoms with Gasteiger partial charge in [-0.1, -0.05) is 43.5 Å². The van der Waals surface area contributed by atoms with Gasteiger partial charge in [-0.05, 0) is 50.1 Å². The topological polar surface area (TPSA) is 67.4 Å². The first-order chi connectivity index (χ1) is 13.1. The predicted octanol–water partition coefficient (Wildman–Crippen LogP) is 4.61. The molecular formula is C22H26N2O3. The Morgan fingerprint density at radius 1 is 0.926 bits per heavy atom. The number of carbonyl (C=O) groups excluding carboxylic acids is 2. The standard InChI is InChI=1S/C22H26N2O3/c1-16(27-20-13-6-3-7-14-20)21(25)23-18-11-8-12-19(15-18)24-22(26)17-9-4-2-5-10-17/h3,6-8,11-17H,2,4-5,9-10H2,1H3,(H,23,25)(H,24,26). The number of para-hydroxylation sites is 1. The average Bonchev–Trinajstić information content (AvgIpc) is 2.69. The second-order valence-corrected chi connectivity index (χ2v) is 6.97. The van der Waals surface area contributed by atoms with E-state index < -0.39 is 6.10 Å². The lowest BCUT2D eigenvalue weighted by Gasteiger charge is -2.21. The number of amides is 2. The van der Waals surface area contributed by atoms with Crippen molar-refractivity contribution in [3.63, 3.8) is 0 Å². The van der Waals surface area contributed by atoms with Crippen LogP contribution >= 0.6 is 0 Å². The van der Waals surface area contributed by atoms with Crippen molar-refractivity contribution < 1.29 is 14.3 Å². The number of benzene rings is 2. The number of hydrogen-bond acceptors (Lipinski definition) is 3. The highest BCUT2D eigenvalue weighted by Gasteiger charge is 2.21. The fourth-order valence-electron chi connectivity index (χ4n) is 3.28. The Bertz CT molecular complexity index is 770. The largest absolute Gasteiger partial charge is 0.481 e. The molecule has 0 saturated heterocycles. The number of carbonyl (C=O) groups is 2. The quantitative estimate of drug-likeness (QED) is 0.784. The molecule has 142 valence electrons. The minimum absolute atomic E-state index is 0.0685. The molecule has 0 aromatic heterocycles. The van der Waals surface area contributed by atoms with Gasteiger partial charge in [0.05, 0.1) is 0 Å². The molecule has 0 aliphatic heterocycles. The smallest absolute Gasteiger partial charge is 0.265 e. The van der Waals surface area contributed by atoms with Gasteiger partial charge in [-0.15, -0.1) is 0 Å². The zero-order chi connectivity index (χ0) is 19.1. The van der Waals surface area contributed by atoms with Gasteiger partial charge in [-0.25, -0.2) is 0 Å². The maximum absolute atomic E-state index is 12.4. The van der Waals surface area contributed by atoms with E-state index in [0.29, 0.717) is 17.1 Å². The van der Waals surface area contributed by atoms with E-state index >= 15 is 0 Å². The Morgan fingerprint density at radius 3 is 2.30 bits per heavy atom. The lowest BCUT2D eigenvalue weighted by molar-refractivity contribution is -0.122. The Hall–Kier alpha value is -2.82. The molecule has 1 aliphatic carbocycles. The molecule has 2 amide bonds. The summed E-state index contributed by atoms with van der Waals surface area (Å²) in [5.41, 5.74) is 1.32. The molecule has 5 heteroatoms. The molecule has 2 aromatic rings. The van der Waals surface area contributed by atoms with E-state index in [1.54, 1.807) is 19.1 Å². The van der Waals surface area contributed by atoms with Crippen LogP contribution in [0.2, 0.25) is 0 Å². The van der Waals surface area contributed by atoms with E-state index in [2.05, 4.69) is 10.6 Å². The van der Waals surface area contributed by atoms with Crippen LogP contribution in [-0.2, 0) is 9.59 Å². The Morgan fingerprint density at radius 2 is 1.59 bits per heavy atom. The molecule has 2 N–H and O–H groups in total. The monoisotopic (exact) mass is 366 g/mol. The third kappa shape index (κ3) is 5.58. The van der Waals surface area contributed by atoms with Crippen LogP contribution in [0.15, 0.2) is 54.6 Å². The Balaban J connectivity index is 1.56. The first kappa shape index (κ1) is 19.0. The van der Waals surface area contributed by atoms with Gasteiger partial charge >= 0.3 is 0 Å². The second kappa shape index (κ2) is 9.21. The summed E-state index contributed by atoms with van der Waals surface area (Å²) >= 11 is 0. The van der Waals surface area contributed by atoms with Gasteiger partial charge in [-0.3, -0.25) is 9.59 Å². The van der Waals surface area contributed by atoms with Gasteiger partial charge in [0.1, 0.15) is 5.75 Å². The van der Waals surface area contributed by atoms with E-state index in [1.807, 2.05) is 42.5 Å². The van der Waals surface area contributed by atoms with Crippen LogP contribution in [0.3, 0.4) is 0 Å². The molecule has 0 bridgehead atoms. The lowest BCUT2D eigenvalue weighted by Crippen LogP contribution is -2.30. The van der Waals surface area contributed by atoms with Crippen molar-refractivity contribution in [3.8, 4) is 5.75 Å².